The molecule has 3 aromatic heterocycles. The minimum atomic E-state index is -0.510. The Bertz CT molecular complexity index is 4790. The first-order chi connectivity index (χ1) is 50.1. The zero-order chi connectivity index (χ0) is 70.6. The van der Waals surface area contributed by atoms with Crippen LogP contribution in [0.2, 0.25) is 0 Å². The van der Waals surface area contributed by atoms with Crippen molar-refractivity contribution in [1.82, 2.24) is 25.2 Å². The highest BCUT2D eigenvalue weighted by Gasteiger charge is 2.31. The van der Waals surface area contributed by atoms with E-state index in [4.69, 9.17) is 38.9 Å². The zero-order valence-electron chi connectivity index (χ0n) is 57.7. The molecule has 25 heteroatoms. The van der Waals surface area contributed by atoms with Crippen molar-refractivity contribution < 1.29 is 38.0 Å². The molecule has 8 aliphatic rings. The van der Waals surface area contributed by atoms with E-state index in [0.717, 1.165) is 191 Å². The Kier molecular flexibility index (Phi) is 20.7. The lowest BCUT2D eigenvalue weighted by atomic mass is 10.1. The number of amides is 1. The predicted octanol–water partition coefficient (Wildman–Crippen LogP) is 14.0. The van der Waals surface area contributed by atoms with Gasteiger partial charge in [-0.1, -0.05) is 53.5 Å². The van der Waals surface area contributed by atoms with E-state index >= 15 is 0 Å². The van der Waals surface area contributed by atoms with Crippen LogP contribution in [0.4, 0.5) is 38.9 Å². The van der Waals surface area contributed by atoms with Gasteiger partial charge in [0.1, 0.15) is 22.8 Å². The molecule has 22 nitrogen and oxygen atoms in total. The molecule has 6 aromatic carbocycles. The monoisotopic (exact) mass is 1450 g/mol. The summed E-state index contributed by atoms with van der Waals surface area (Å²) in [5, 5.41) is 10.7. The van der Waals surface area contributed by atoms with Crippen LogP contribution in [0.25, 0.3) is 33.8 Å². The van der Waals surface area contributed by atoms with Gasteiger partial charge in [0.15, 0.2) is 17.2 Å². The maximum atomic E-state index is 12.6. The number of benzene rings is 6. The summed E-state index contributed by atoms with van der Waals surface area (Å²) in [4.78, 5) is 73.5. The minimum Gasteiger partial charge on any atom is -0.454 e. The number of rotatable bonds is 10. The van der Waals surface area contributed by atoms with Crippen molar-refractivity contribution in [2.75, 3.05) is 136 Å². The van der Waals surface area contributed by atoms with Crippen molar-refractivity contribution >= 4 is 75.5 Å². The quantitative estimate of drug-likeness (QED) is 0.0628. The second-order valence-electron chi connectivity index (χ2n) is 27.3. The number of pyridine rings is 3. The molecule has 2 unspecified atom stereocenters. The smallest absolute Gasteiger partial charge is 0.410 e. The van der Waals surface area contributed by atoms with Gasteiger partial charge in [0.25, 0.3) is 0 Å². The van der Waals surface area contributed by atoms with Crippen LogP contribution >= 0.6 is 35.3 Å². The fourth-order valence-corrected chi connectivity index (χ4v) is 16.8. The minimum absolute atomic E-state index is 0.117. The van der Waals surface area contributed by atoms with Crippen LogP contribution in [0, 0.1) is 0 Å². The van der Waals surface area contributed by atoms with Gasteiger partial charge in [-0.2, -0.15) is 0 Å². The molecule has 0 radical (unpaired) electrons. The van der Waals surface area contributed by atoms with Crippen LogP contribution in [0.1, 0.15) is 46.5 Å². The molecule has 0 saturated carbocycles. The lowest BCUT2D eigenvalue weighted by Crippen LogP contribution is -2.46. The van der Waals surface area contributed by atoms with Crippen molar-refractivity contribution in [3.63, 3.8) is 0 Å². The number of fused-ring (bicyclic) bond motifs is 6. The van der Waals surface area contributed by atoms with Crippen LogP contribution in [0.15, 0.2) is 189 Å². The number of para-hydroxylation sites is 3. The molecule has 8 aliphatic heterocycles. The van der Waals surface area contributed by atoms with Crippen molar-refractivity contribution in [2.45, 2.75) is 93.5 Å². The van der Waals surface area contributed by atoms with Gasteiger partial charge >= 0.3 is 6.09 Å². The molecule has 103 heavy (non-hydrogen) atoms. The SMILES string of the molecule is CC(C)(C)OC(=O)N1CCCC(Nc2ccc3c(c2)Sc2cccc(-c4cc(N5CCOCC5)cc(=O)[nH]4)c2O3)C1.Nc1ccc2c(c1)Sc1cccc(-c3cc(N4CCOCC4)cc(=O)[nH]3)c1O2.O=c1cc(N2CCOCC2)cc(-c2cccc3c2Oc2ccc(NC4CCCNC4)cc2S3)[nH]1. The van der Waals surface area contributed by atoms with Crippen molar-refractivity contribution in [2.24, 2.45) is 0 Å². The second kappa shape index (κ2) is 30.8. The lowest BCUT2D eigenvalue weighted by molar-refractivity contribution is 0.0206. The van der Waals surface area contributed by atoms with E-state index < -0.39 is 5.60 Å². The molecule has 17 rings (SSSR count). The highest BCUT2D eigenvalue weighted by molar-refractivity contribution is 8.00. The summed E-state index contributed by atoms with van der Waals surface area (Å²) >= 11 is 4.97. The second-order valence-corrected chi connectivity index (χ2v) is 30.5. The molecule has 0 spiro atoms. The Morgan fingerprint density at radius 1 is 0.485 bits per heavy atom. The van der Waals surface area contributed by atoms with E-state index in [1.807, 2.05) is 124 Å². The van der Waals surface area contributed by atoms with Gasteiger partial charge in [-0.05, 0) is 162 Å². The fourth-order valence-electron chi connectivity index (χ4n) is 13.7. The number of nitrogens with two attached hydrogens (primary N) is 1. The first kappa shape index (κ1) is 69.3. The van der Waals surface area contributed by atoms with E-state index in [-0.39, 0.29) is 28.8 Å². The number of carbonyl (C=O) groups is 1. The maximum absolute atomic E-state index is 12.6. The summed E-state index contributed by atoms with van der Waals surface area (Å²) in [5.74, 6) is 4.65. The highest BCUT2D eigenvalue weighted by atomic mass is 32.2. The first-order valence-electron chi connectivity index (χ1n) is 35.2. The molecule has 9 aromatic rings. The first-order valence-corrected chi connectivity index (χ1v) is 37.6. The standard InChI is InChI=1S/C31H36N4O5S.C26H28N4O3S.C21H19N3O3S/c1-31(2,3)40-30(37)35-11-5-6-21(19-35)32-20-9-10-25-27(16-20)41-26-8-4-7-23(29(26)39-25)24-17-22(18-28(36)33-24)34-12-14-38-15-13-34;31-25-15-19(30-9-11-32-12-10-30)14-21(29-25)20-4-1-5-23-26(20)33-22-7-6-17(13-24(22)34-23)28-18-3-2-8-27-16-18;22-13-4-5-17-19(10-13)28-18-3-1-2-15(21(18)27-17)16-11-14(12-20(25)23-16)24-6-8-26-9-7-24/h4,7-10,16-18,21,32H,5-6,11-15,19H2,1-3H3,(H,33,36);1,4-7,13-15,18,27-28H,2-3,8-12,16H2,(H,29,31);1-5,10-12H,6-9,22H2,(H,23,25). The number of morpholine rings is 3. The third kappa shape index (κ3) is 16.5. The number of nitrogen functional groups attached to an aromatic ring is 1. The largest absolute Gasteiger partial charge is 0.454 e. The predicted molar refractivity (Wildman–Crippen MR) is 407 cm³/mol. The Morgan fingerprint density at radius 2 is 0.893 bits per heavy atom. The van der Waals surface area contributed by atoms with E-state index in [1.54, 1.807) is 58.4 Å². The van der Waals surface area contributed by atoms with Crippen LogP contribution in [-0.4, -0.2) is 149 Å². The average molecular weight is 1450 g/mol. The van der Waals surface area contributed by atoms with Crippen LogP contribution in [-0.2, 0) is 18.9 Å². The van der Waals surface area contributed by atoms with Gasteiger partial charge in [0.05, 0.1) is 86.1 Å². The Hall–Kier alpha value is -9.47. The summed E-state index contributed by atoms with van der Waals surface area (Å²) < 4.78 is 41.0. The maximum Gasteiger partial charge on any atom is 0.410 e. The summed E-state index contributed by atoms with van der Waals surface area (Å²) in [7, 11) is 0. The third-order valence-corrected chi connectivity index (χ3v) is 21.9. The van der Waals surface area contributed by atoms with E-state index in [0.29, 0.717) is 64.5 Å². The molecule has 11 heterocycles. The number of hydrogen-bond donors (Lipinski definition) is 7. The molecule has 5 saturated heterocycles. The van der Waals surface area contributed by atoms with Crippen LogP contribution in [0.3, 0.4) is 0 Å². The van der Waals surface area contributed by atoms with E-state index in [1.165, 1.54) is 12.8 Å². The molecule has 5 fully saturated rings. The Balaban J connectivity index is 0.000000127. The van der Waals surface area contributed by atoms with Crippen molar-refractivity contribution in [3.05, 3.63) is 177 Å². The number of hydrogen-bond acceptors (Lipinski definition) is 21. The summed E-state index contributed by atoms with van der Waals surface area (Å²) in [5.41, 5.74) is 15.3. The number of aromatic nitrogens is 3. The summed E-state index contributed by atoms with van der Waals surface area (Å²) in [6.07, 6.45) is 4.02. The number of anilines is 6. The van der Waals surface area contributed by atoms with Gasteiger partial charge in [-0.25, -0.2) is 4.79 Å². The lowest BCUT2D eigenvalue weighted by Gasteiger charge is -2.35. The molecular weight excluding hydrogens is 1360 g/mol. The summed E-state index contributed by atoms with van der Waals surface area (Å²) in [6.45, 7) is 17.7. The number of carbonyl (C=O) groups excluding carboxylic acids is 1. The third-order valence-electron chi connectivity index (χ3n) is 18.7. The molecular formula is C78H83N11O11S3. The molecule has 8 N–H and O–H groups in total. The van der Waals surface area contributed by atoms with Crippen molar-refractivity contribution in [1.29, 1.82) is 0 Å². The van der Waals surface area contributed by atoms with Gasteiger partial charge in [0.2, 0.25) is 16.7 Å². The number of nitrogens with zero attached hydrogens (tertiary/aromatic N) is 4. The number of ether oxygens (including phenoxy) is 7. The molecule has 0 bridgehead atoms. The summed E-state index contributed by atoms with van der Waals surface area (Å²) in [6, 6.07) is 47.7. The van der Waals surface area contributed by atoms with Crippen LogP contribution < -0.4 is 67.3 Å². The van der Waals surface area contributed by atoms with Crippen molar-refractivity contribution in [3.8, 4) is 68.3 Å². The van der Waals surface area contributed by atoms with Gasteiger partial charge in [-0.3, -0.25) is 14.4 Å². The Labute approximate surface area is 609 Å². The van der Waals surface area contributed by atoms with Gasteiger partial charge in [0, 0.05) is 140 Å². The molecule has 1 amide bonds. The molecule has 0 aliphatic carbocycles. The average Bonchev–Trinajstić information content (AvgIpc) is 0.782. The van der Waals surface area contributed by atoms with Gasteiger partial charge < -0.3 is 89.4 Å². The fraction of sp³-hybridized carbons (Fsp3) is 0.333. The normalized spacial score (nSPS) is 18.1. The number of likely N-dealkylation sites (tertiary alicyclic amines) is 1. The highest BCUT2D eigenvalue weighted by Crippen LogP contribution is 2.54. The molecule has 2 atom stereocenters. The number of piperidine rings is 2. The topological polar surface area (TPSA) is 255 Å². The van der Waals surface area contributed by atoms with E-state index in [9.17, 15) is 19.2 Å². The Morgan fingerprint density at radius 3 is 1.31 bits per heavy atom. The van der Waals surface area contributed by atoms with Gasteiger partial charge in [-0.15, -0.1) is 0 Å². The number of nitrogens with one attached hydrogen (secondary N) is 6. The number of H-pyrrole nitrogens is 3. The van der Waals surface area contributed by atoms with E-state index in [2.05, 4.69) is 69.9 Å². The van der Waals surface area contributed by atoms with Crippen LogP contribution in [0.5, 0.6) is 34.5 Å². The number of aromatic amines is 3. The zero-order valence-corrected chi connectivity index (χ0v) is 60.2. The molecule has 534 valence electrons.